The summed E-state index contributed by atoms with van der Waals surface area (Å²) in [5, 5.41) is 1.27. The van der Waals surface area contributed by atoms with Gasteiger partial charge >= 0.3 is 0 Å². The van der Waals surface area contributed by atoms with Crippen LogP contribution >= 0.6 is 11.3 Å². The van der Waals surface area contributed by atoms with Gasteiger partial charge in [0.1, 0.15) is 0 Å². The Bertz CT molecular complexity index is 486. The van der Waals surface area contributed by atoms with E-state index in [9.17, 15) is 0 Å². The van der Waals surface area contributed by atoms with E-state index in [0.717, 1.165) is 5.52 Å². The molecule has 0 bridgehead atoms. The SMILES string of the molecule is c1cc2c(ccc3ncsc32)[nH]1. The van der Waals surface area contributed by atoms with Crippen LogP contribution in [0.3, 0.4) is 0 Å². The molecule has 2 nitrogen and oxygen atoms in total. The van der Waals surface area contributed by atoms with Gasteiger partial charge in [0, 0.05) is 17.1 Å². The number of benzene rings is 1. The highest BCUT2D eigenvalue weighted by Gasteiger charge is 2.01. The van der Waals surface area contributed by atoms with Gasteiger partial charge in [-0.1, -0.05) is 0 Å². The van der Waals surface area contributed by atoms with E-state index in [-0.39, 0.29) is 0 Å². The molecule has 0 aliphatic carbocycles. The highest BCUT2D eigenvalue weighted by atomic mass is 32.1. The van der Waals surface area contributed by atoms with Crippen LogP contribution < -0.4 is 0 Å². The van der Waals surface area contributed by atoms with Gasteiger partial charge in [0.15, 0.2) is 0 Å². The second-order valence-corrected chi connectivity index (χ2v) is 3.56. The minimum absolute atomic E-state index is 1.09. The number of nitrogens with one attached hydrogen (secondary N) is 1. The highest BCUT2D eigenvalue weighted by molar-refractivity contribution is 7.17. The lowest BCUT2D eigenvalue weighted by Gasteiger charge is -1.89. The lowest BCUT2D eigenvalue weighted by molar-refractivity contribution is 1.47. The summed E-state index contributed by atoms with van der Waals surface area (Å²) in [6.07, 6.45) is 1.96. The molecule has 0 atom stereocenters. The Morgan fingerprint density at radius 2 is 2.25 bits per heavy atom. The number of aromatic amines is 1. The van der Waals surface area contributed by atoms with Gasteiger partial charge in [-0.3, -0.25) is 0 Å². The van der Waals surface area contributed by atoms with Crippen molar-refractivity contribution in [2.75, 3.05) is 0 Å². The van der Waals surface area contributed by atoms with Crippen molar-refractivity contribution in [1.82, 2.24) is 9.97 Å². The quantitative estimate of drug-likeness (QED) is 0.557. The van der Waals surface area contributed by atoms with Gasteiger partial charge < -0.3 is 4.98 Å². The lowest BCUT2D eigenvalue weighted by atomic mass is 10.2. The van der Waals surface area contributed by atoms with Crippen LogP contribution in [0.4, 0.5) is 0 Å². The van der Waals surface area contributed by atoms with Crippen LogP contribution in [-0.2, 0) is 0 Å². The zero-order chi connectivity index (χ0) is 7.97. The van der Waals surface area contributed by atoms with Gasteiger partial charge in [0.05, 0.1) is 15.7 Å². The Balaban J connectivity index is 2.71. The summed E-state index contributed by atoms with van der Waals surface area (Å²) in [5.41, 5.74) is 4.16. The fourth-order valence-electron chi connectivity index (χ4n) is 1.46. The van der Waals surface area contributed by atoms with E-state index >= 15 is 0 Å². The van der Waals surface area contributed by atoms with Gasteiger partial charge in [0.2, 0.25) is 0 Å². The maximum absolute atomic E-state index is 4.25. The number of thiazole rings is 1. The molecule has 0 saturated carbocycles. The Labute approximate surface area is 72.9 Å². The number of fused-ring (bicyclic) bond motifs is 3. The molecule has 0 fully saturated rings. The first-order chi connectivity index (χ1) is 5.95. The molecule has 0 aliphatic heterocycles. The molecular weight excluding hydrogens is 168 g/mol. The molecule has 2 aromatic heterocycles. The van der Waals surface area contributed by atoms with Crippen molar-refractivity contribution in [1.29, 1.82) is 0 Å². The Morgan fingerprint density at radius 1 is 1.25 bits per heavy atom. The molecule has 1 aromatic carbocycles. The number of aromatic nitrogens is 2. The molecule has 1 N–H and O–H groups in total. The summed E-state index contributed by atoms with van der Waals surface area (Å²) in [7, 11) is 0. The van der Waals surface area contributed by atoms with Crippen molar-refractivity contribution in [3.05, 3.63) is 29.9 Å². The van der Waals surface area contributed by atoms with Gasteiger partial charge in [-0.2, -0.15) is 0 Å². The molecule has 2 heterocycles. The fourth-order valence-corrected chi connectivity index (χ4v) is 2.27. The Kier molecular flexibility index (Phi) is 1.07. The maximum Gasteiger partial charge on any atom is 0.0819 e. The third-order valence-electron chi connectivity index (χ3n) is 2.03. The van der Waals surface area contributed by atoms with Gasteiger partial charge in [0.25, 0.3) is 0 Å². The van der Waals surface area contributed by atoms with Crippen molar-refractivity contribution in [2.24, 2.45) is 0 Å². The average molecular weight is 174 g/mol. The number of nitrogens with zero attached hydrogens (tertiary/aromatic N) is 1. The average Bonchev–Trinajstić information content (AvgIpc) is 2.71. The molecule has 0 unspecified atom stereocenters. The minimum atomic E-state index is 1.09. The Morgan fingerprint density at radius 3 is 3.25 bits per heavy atom. The summed E-state index contributed by atoms with van der Waals surface area (Å²) in [6, 6.07) is 6.21. The third kappa shape index (κ3) is 0.662. The topological polar surface area (TPSA) is 28.7 Å². The molecule has 58 valence electrons. The number of rotatable bonds is 0. The van der Waals surface area contributed by atoms with E-state index in [2.05, 4.69) is 22.1 Å². The zero-order valence-corrected chi connectivity index (χ0v) is 7.06. The standard InChI is InChI=1S/C9H6N2S/c1-2-8-9(12-5-11-8)6-3-4-10-7(1)6/h1-5,10H. The second kappa shape index (κ2) is 2.08. The zero-order valence-electron chi connectivity index (χ0n) is 6.24. The van der Waals surface area contributed by atoms with Crippen LogP contribution in [0.25, 0.3) is 21.1 Å². The number of H-pyrrole nitrogens is 1. The Hall–Kier alpha value is -1.35. The van der Waals surface area contributed by atoms with E-state index < -0.39 is 0 Å². The normalized spacial score (nSPS) is 11.3. The second-order valence-electron chi connectivity index (χ2n) is 2.71. The van der Waals surface area contributed by atoms with E-state index in [4.69, 9.17) is 0 Å². The number of hydrogen-bond donors (Lipinski definition) is 1. The maximum atomic E-state index is 4.25. The van der Waals surface area contributed by atoms with Gasteiger partial charge in [-0.05, 0) is 18.2 Å². The molecular formula is C9H6N2S. The molecule has 0 amide bonds. The van der Waals surface area contributed by atoms with E-state index in [1.807, 2.05) is 17.8 Å². The smallest absolute Gasteiger partial charge is 0.0819 e. The molecule has 0 saturated heterocycles. The first-order valence-corrected chi connectivity index (χ1v) is 4.62. The van der Waals surface area contributed by atoms with Crippen LogP contribution in [0.2, 0.25) is 0 Å². The van der Waals surface area contributed by atoms with Crippen LogP contribution in [0.5, 0.6) is 0 Å². The van der Waals surface area contributed by atoms with Crippen LogP contribution in [0, 0.1) is 0 Å². The summed E-state index contributed by atoms with van der Waals surface area (Å²) < 4.78 is 1.27. The van der Waals surface area contributed by atoms with Crippen molar-refractivity contribution < 1.29 is 0 Å². The predicted molar refractivity (Wildman–Crippen MR) is 51.5 cm³/mol. The first-order valence-electron chi connectivity index (χ1n) is 3.74. The van der Waals surface area contributed by atoms with E-state index in [1.54, 1.807) is 11.3 Å². The van der Waals surface area contributed by atoms with E-state index in [1.165, 1.54) is 15.6 Å². The molecule has 3 aromatic rings. The monoisotopic (exact) mass is 174 g/mol. The van der Waals surface area contributed by atoms with Crippen molar-refractivity contribution in [2.45, 2.75) is 0 Å². The molecule has 0 radical (unpaired) electrons. The molecule has 0 spiro atoms. The van der Waals surface area contributed by atoms with Gasteiger partial charge in [-0.25, -0.2) is 4.98 Å². The van der Waals surface area contributed by atoms with Crippen LogP contribution in [-0.4, -0.2) is 9.97 Å². The van der Waals surface area contributed by atoms with Crippen molar-refractivity contribution >= 4 is 32.5 Å². The lowest BCUT2D eigenvalue weighted by Crippen LogP contribution is -1.68. The molecule has 12 heavy (non-hydrogen) atoms. The van der Waals surface area contributed by atoms with Crippen LogP contribution in [0.15, 0.2) is 29.9 Å². The largest absolute Gasteiger partial charge is 0.361 e. The van der Waals surface area contributed by atoms with Crippen molar-refractivity contribution in [3.63, 3.8) is 0 Å². The predicted octanol–water partition coefficient (Wildman–Crippen LogP) is 2.78. The molecule has 3 rings (SSSR count). The molecule has 3 heteroatoms. The summed E-state index contributed by atoms with van der Waals surface area (Å²) in [5.74, 6) is 0. The number of hydrogen-bond acceptors (Lipinski definition) is 2. The summed E-state index contributed by atoms with van der Waals surface area (Å²) >= 11 is 1.69. The van der Waals surface area contributed by atoms with E-state index in [0.29, 0.717) is 0 Å². The summed E-state index contributed by atoms with van der Waals surface area (Å²) in [4.78, 5) is 7.43. The molecule has 0 aliphatic rings. The minimum Gasteiger partial charge on any atom is -0.361 e. The highest BCUT2D eigenvalue weighted by Crippen LogP contribution is 2.26. The summed E-state index contributed by atoms with van der Waals surface area (Å²) in [6.45, 7) is 0. The van der Waals surface area contributed by atoms with Gasteiger partial charge in [-0.15, -0.1) is 11.3 Å². The third-order valence-corrected chi connectivity index (χ3v) is 2.90. The van der Waals surface area contributed by atoms with Crippen LogP contribution in [0.1, 0.15) is 0 Å². The first kappa shape index (κ1) is 6.20. The van der Waals surface area contributed by atoms with Crippen molar-refractivity contribution in [3.8, 4) is 0 Å². The fraction of sp³-hybridized carbons (Fsp3) is 0.